The zero-order chi connectivity index (χ0) is 20.5. The largest absolute Gasteiger partial charge is 0.322 e. The van der Waals surface area contributed by atoms with E-state index in [0.29, 0.717) is 16.8 Å². The van der Waals surface area contributed by atoms with E-state index in [9.17, 15) is 14.4 Å². The van der Waals surface area contributed by atoms with E-state index >= 15 is 0 Å². The summed E-state index contributed by atoms with van der Waals surface area (Å²) in [5, 5.41) is 5.79. The molecule has 6 nitrogen and oxygen atoms in total. The van der Waals surface area contributed by atoms with Crippen LogP contribution in [0.3, 0.4) is 0 Å². The molecule has 1 aliphatic rings. The Morgan fingerprint density at radius 1 is 1.14 bits per heavy atom. The number of rotatable bonds is 5. The number of carbonyl (C=O) groups excluding carboxylic acids is 3. The van der Waals surface area contributed by atoms with Gasteiger partial charge in [-0.05, 0) is 37.3 Å². The molecular formula is C22H17N3O3S. The second-order valence-corrected chi connectivity index (χ2v) is 7.62. The Labute approximate surface area is 171 Å². The maximum atomic E-state index is 12.6. The van der Waals surface area contributed by atoms with E-state index < -0.39 is 5.91 Å². The SMILES string of the molecule is C=CCN1C(=O)c2ccc(C(=O)Nc3ccc(-c4csc(C)n4)cc3)cc2C1=O. The number of carbonyl (C=O) groups is 3. The fourth-order valence-corrected chi connectivity index (χ4v) is 3.77. The van der Waals surface area contributed by atoms with Gasteiger partial charge >= 0.3 is 0 Å². The van der Waals surface area contributed by atoms with Crippen molar-refractivity contribution in [3.63, 3.8) is 0 Å². The number of imide groups is 1. The molecule has 29 heavy (non-hydrogen) atoms. The molecule has 0 saturated heterocycles. The number of nitrogens with zero attached hydrogens (tertiary/aromatic N) is 2. The summed E-state index contributed by atoms with van der Waals surface area (Å²) in [5.41, 5.74) is 3.34. The maximum Gasteiger partial charge on any atom is 0.261 e. The number of aromatic nitrogens is 1. The second-order valence-electron chi connectivity index (χ2n) is 6.55. The molecule has 2 heterocycles. The van der Waals surface area contributed by atoms with Crippen LogP contribution < -0.4 is 5.32 Å². The van der Waals surface area contributed by atoms with Crippen molar-refractivity contribution in [3.8, 4) is 11.3 Å². The summed E-state index contributed by atoms with van der Waals surface area (Å²) >= 11 is 1.58. The summed E-state index contributed by atoms with van der Waals surface area (Å²) in [4.78, 5) is 42.9. The first-order valence-electron chi connectivity index (χ1n) is 8.93. The highest BCUT2D eigenvalue weighted by Crippen LogP contribution is 2.25. The van der Waals surface area contributed by atoms with E-state index in [2.05, 4.69) is 16.9 Å². The second kappa shape index (κ2) is 7.44. The first-order chi connectivity index (χ1) is 14.0. The number of hydrogen-bond donors (Lipinski definition) is 1. The van der Waals surface area contributed by atoms with Gasteiger partial charge in [0.15, 0.2) is 0 Å². The fourth-order valence-electron chi connectivity index (χ4n) is 3.15. The van der Waals surface area contributed by atoms with Gasteiger partial charge in [0, 0.05) is 28.7 Å². The average Bonchev–Trinajstić information content (AvgIpc) is 3.26. The van der Waals surface area contributed by atoms with Gasteiger partial charge in [-0.25, -0.2) is 4.98 Å². The lowest BCUT2D eigenvalue weighted by atomic mass is 10.1. The van der Waals surface area contributed by atoms with Crippen LogP contribution in [0.5, 0.6) is 0 Å². The number of fused-ring (bicyclic) bond motifs is 1. The van der Waals surface area contributed by atoms with E-state index in [1.807, 2.05) is 24.4 Å². The minimum absolute atomic E-state index is 0.138. The van der Waals surface area contributed by atoms with Crippen LogP contribution in [0.15, 0.2) is 60.5 Å². The number of nitrogens with one attached hydrogen (secondary N) is 1. The quantitative estimate of drug-likeness (QED) is 0.513. The van der Waals surface area contributed by atoms with Crippen molar-refractivity contribution in [2.45, 2.75) is 6.92 Å². The molecule has 0 bridgehead atoms. The van der Waals surface area contributed by atoms with E-state index in [4.69, 9.17) is 0 Å². The number of thiazole rings is 1. The van der Waals surface area contributed by atoms with Crippen molar-refractivity contribution in [3.05, 3.63) is 82.2 Å². The molecule has 2 aromatic carbocycles. The highest BCUT2D eigenvalue weighted by atomic mass is 32.1. The third-order valence-corrected chi connectivity index (χ3v) is 5.38. The van der Waals surface area contributed by atoms with Crippen LogP contribution in [0.2, 0.25) is 0 Å². The molecule has 1 aliphatic heterocycles. The molecule has 0 saturated carbocycles. The van der Waals surface area contributed by atoms with E-state index in [1.54, 1.807) is 29.5 Å². The van der Waals surface area contributed by atoms with Crippen molar-refractivity contribution >= 4 is 34.7 Å². The molecule has 1 N–H and O–H groups in total. The normalized spacial score (nSPS) is 12.8. The Bertz CT molecular complexity index is 1150. The highest BCUT2D eigenvalue weighted by Gasteiger charge is 2.35. The standard InChI is InChI=1S/C22H17N3O3S/c1-3-10-25-21(27)17-9-6-15(11-18(17)22(25)28)20(26)24-16-7-4-14(5-8-16)19-12-29-13(2)23-19/h3-9,11-12H,1,10H2,2H3,(H,24,26). The number of amides is 3. The van der Waals surface area contributed by atoms with Crippen molar-refractivity contribution in [2.75, 3.05) is 11.9 Å². The van der Waals surface area contributed by atoms with Crippen LogP contribution in [-0.4, -0.2) is 34.2 Å². The zero-order valence-corrected chi connectivity index (χ0v) is 16.5. The summed E-state index contributed by atoms with van der Waals surface area (Å²) in [6.45, 7) is 5.65. The van der Waals surface area contributed by atoms with Gasteiger partial charge in [0.1, 0.15) is 0 Å². The minimum atomic E-state index is -0.414. The molecule has 4 rings (SSSR count). The predicted molar refractivity (Wildman–Crippen MR) is 112 cm³/mol. The van der Waals surface area contributed by atoms with Gasteiger partial charge in [0.05, 0.1) is 21.8 Å². The van der Waals surface area contributed by atoms with Gasteiger partial charge < -0.3 is 5.32 Å². The summed E-state index contributed by atoms with van der Waals surface area (Å²) in [7, 11) is 0. The lowest BCUT2D eigenvalue weighted by molar-refractivity contribution is 0.0672. The highest BCUT2D eigenvalue weighted by molar-refractivity contribution is 7.09. The number of hydrogen-bond acceptors (Lipinski definition) is 5. The van der Waals surface area contributed by atoms with Crippen LogP contribution >= 0.6 is 11.3 Å². The summed E-state index contributed by atoms with van der Waals surface area (Å²) in [6.07, 6.45) is 1.49. The number of anilines is 1. The van der Waals surface area contributed by atoms with Crippen molar-refractivity contribution in [2.24, 2.45) is 0 Å². The summed E-state index contributed by atoms with van der Waals surface area (Å²) in [5.74, 6) is -1.14. The van der Waals surface area contributed by atoms with E-state index in [-0.39, 0.29) is 23.9 Å². The molecule has 144 valence electrons. The van der Waals surface area contributed by atoms with Crippen LogP contribution in [0.25, 0.3) is 11.3 Å². The Morgan fingerprint density at radius 3 is 2.52 bits per heavy atom. The Morgan fingerprint density at radius 2 is 1.86 bits per heavy atom. The van der Waals surface area contributed by atoms with E-state index in [1.165, 1.54) is 18.2 Å². The van der Waals surface area contributed by atoms with Crippen molar-refractivity contribution < 1.29 is 14.4 Å². The molecular weight excluding hydrogens is 386 g/mol. The third kappa shape index (κ3) is 3.48. The first kappa shape index (κ1) is 18.8. The first-order valence-corrected chi connectivity index (χ1v) is 9.81. The maximum absolute atomic E-state index is 12.6. The Kier molecular flexibility index (Phi) is 4.82. The van der Waals surface area contributed by atoms with Crippen molar-refractivity contribution in [1.82, 2.24) is 9.88 Å². The van der Waals surface area contributed by atoms with Gasteiger partial charge in [-0.15, -0.1) is 17.9 Å². The van der Waals surface area contributed by atoms with Gasteiger partial charge in [-0.3, -0.25) is 19.3 Å². The lowest BCUT2D eigenvalue weighted by Gasteiger charge is -2.09. The van der Waals surface area contributed by atoms with Gasteiger partial charge in [0.2, 0.25) is 0 Å². The summed E-state index contributed by atoms with van der Waals surface area (Å²) in [6, 6.07) is 11.9. The van der Waals surface area contributed by atoms with Crippen LogP contribution in [0.1, 0.15) is 36.1 Å². The fraction of sp³-hybridized carbons (Fsp3) is 0.0909. The van der Waals surface area contributed by atoms with Crippen LogP contribution in [0.4, 0.5) is 5.69 Å². The molecule has 0 fully saturated rings. The van der Waals surface area contributed by atoms with Crippen LogP contribution in [0, 0.1) is 6.92 Å². The van der Waals surface area contributed by atoms with Crippen LogP contribution in [-0.2, 0) is 0 Å². The molecule has 3 amide bonds. The Hall–Kier alpha value is -3.58. The zero-order valence-electron chi connectivity index (χ0n) is 15.6. The van der Waals surface area contributed by atoms with Gasteiger partial charge in [0.25, 0.3) is 17.7 Å². The molecule has 0 radical (unpaired) electrons. The minimum Gasteiger partial charge on any atom is -0.322 e. The molecule has 0 spiro atoms. The molecule has 0 aliphatic carbocycles. The molecule has 0 unspecified atom stereocenters. The molecule has 1 aromatic heterocycles. The average molecular weight is 403 g/mol. The van der Waals surface area contributed by atoms with E-state index in [0.717, 1.165) is 21.2 Å². The predicted octanol–water partition coefficient (Wildman–Crippen LogP) is 4.15. The third-order valence-electron chi connectivity index (χ3n) is 4.60. The number of benzene rings is 2. The lowest BCUT2D eigenvalue weighted by Crippen LogP contribution is -2.29. The monoisotopic (exact) mass is 403 g/mol. The Balaban J connectivity index is 1.52. The molecule has 7 heteroatoms. The van der Waals surface area contributed by atoms with Gasteiger partial charge in [-0.1, -0.05) is 18.2 Å². The van der Waals surface area contributed by atoms with Crippen molar-refractivity contribution in [1.29, 1.82) is 0 Å². The molecule has 0 atom stereocenters. The van der Waals surface area contributed by atoms with Gasteiger partial charge in [-0.2, -0.15) is 0 Å². The topological polar surface area (TPSA) is 79.4 Å². The molecule has 3 aromatic rings. The summed E-state index contributed by atoms with van der Waals surface area (Å²) < 4.78 is 0. The smallest absolute Gasteiger partial charge is 0.261 e. The number of aryl methyl sites for hydroxylation is 1.